The van der Waals surface area contributed by atoms with Crippen molar-refractivity contribution in [1.29, 1.82) is 5.26 Å². The van der Waals surface area contributed by atoms with E-state index in [9.17, 15) is 13.2 Å². The molecule has 1 aliphatic carbocycles. The normalized spacial score (nSPS) is 17.7. The molecule has 0 amide bonds. The Morgan fingerprint density at radius 1 is 1.50 bits per heavy atom. The van der Waals surface area contributed by atoms with Crippen LogP contribution in [-0.2, 0) is 6.54 Å². The maximum Gasteiger partial charge on any atom is 0.405 e. The highest BCUT2D eigenvalue weighted by molar-refractivity contribution is 5.01. The molecule has 2 rings (SSSR count). The Bertz CT molecular complexity index is 418. The maximum absolute atomic E-state index is 12.6. The van der Waals surface area contributed by atoms with E-state index < -0.39 is 12.1 Å². The number of rotatable bonds is 5. The third-order valence-corrected chi connectivity index (χ3v) is 2.97. The Balaban J connectivity index is 2.00. The van der Waals surface area contributed by atoms with Crippen LogP contribution in [0.1, 0.15) is 18.6 Å². The van der Waals surface area contributed by atoms with E-state index in [4.69, 9.17) is 9.68 Å². The molecule has 0 bridgehead atoms. The molecule has 1 unspecified atom stereocenters. The molecule has 0 N–H and O–H groups in total. The summed E-state index contributed by atoms with van der Waals surface area (Å²) in [5.41, 5.74) is 0. The fourth-order valence-corrected chi connectivity index (χ4v) is 1.84. The number of halogens is 3. The summed E-state index contributed by atoms with van der Waals surface area (Å²) < 4.78 is 42.8. The first kappa shape index (κ1) is 13.0. The molecule has 0 radical (unpaired) electrons. The number of hydrogen-bond acceptors (Lipinski definition) is 3. The molecule has 1 aromatic heterocycles. The third-order valence-electron chi connectivity index (χ3n) is 2.97. The van der Waals surface area contributed by atoms with Gasteiger partial charge in [0.25, 0.3) is 0 Å². The van der Waals surface area contributed by atoms with E-state index in [1.165, 1.54) is 12.3 Å². The molecule has 6 heteroatoms. The summed E-state index contributed by atoms with van der Waals surface area (Å²) in [4.78, 5) is 1.68. The predicted molar refractivity (Wildman–Crippen MR) is 57.3 cm³/mol. The Morgan fingerprint density at radius 2 is 2.22 bits per heavy atom. The van der Waals surface area contributed by atoms with E-state index in [1.807, 2.05) is 0 Å². The lowest BCUT2D eigenvalue weighted by Crippen LogP contribution is -2.37. The highest BCUT2D eigenvalue weighted by Crippen LogP contribution is 2.33. The Labute approximate surface area is 103 Å². The van der Waals surface area contributed by atoms with Gasteiger partial charge >= 0.3 is 6.18 Å². The van der Waals surface area contributed by atoms with Crippen molar-refractivity contribution in [2.75, 3.05) is 6.54 Å². The van der Waals surface area contributed by atoms with E-state index in [2.05, 4.69) is 0 Å². The van der Waals surface area contributed by atoms with Gasteiger partial charge in [-0.2, -0.15) is 18.4 Å². The largest absolute Gasteiger partial charge is 0.468 e. The number of hydrogen-bond donors (Lipinski definition) is 0. The van der Waals surface area contributed by atoms with Crippen LogP contribution in [0.3, 0.4) is 0 Å². The first-order valence-corrected chi connectivity index (χ1v) is 5.73. The summed E-state index contributed by atoms with van der Waals surface area (Å²) in [6.07, 6.45) is -1.20. The van der Waals surface area contributed by atoms with Crippen molar-refractivity contribution in [2.24, 2.45) is 5.92 Å². The molecule has 1 saturated carbocycles. The van der Waals surface area contributed by atoms with Crippen molar-refractivity contribution < 1.29 is 17.6 Å². The van der Waals surface area contributed by atoms with Gasteiger partial charge in [0, 0.05) is 12.6 Å². The second-order valence-electron chi connectivity index (χ2n) is 4.46. The van der Waals surface area contributed by atoms with Crippen LogP contribution in [0.5, 0.6) is 0 Å². The van der Waals surface area contributed by atoms with Crippen LogP contribution >= 0.6 is 0 Å². The van der Waals surface area contributed by atoms with Gasteiger partial charge < -0.3 is 4.42 Å². The van der Waals surface area contributed by atoms with Crippen LogP contribution in [0.25, 0.3) is 0 Å². The van der Waals surface area contributed by atoms with E-state index in [-0.39, 0.29) is 12.6 Å². The molecule has 1 aromatic rings. The Hall–Kier alpha value is -1.48. The molecular formula is C12H13F3N2O. The molecule has 0 aromatic carbocycles. The average Bonchev–Trinajstić information content (AvgIpc) is 3.01. The van der Waals surface area contributed by atoms with Gasteiger partial charge in [-0.25, -0.2) is 0 Å². The second kappa shape index (κ2) is 5.02. The zero-order valence-electron chi connectivity index (χ0n) is 9.65. The number of furan rings is 1. The zero-order chi connectivity index (χ0) is 13.2. The summed E-state index contributed by atoms with van der Waals surface area (Å²) in [5, 5.41) is 8.62. The van der Waals surface area contributed by atoms with Crippen molar-refractivity contribution in [2.45, 2.75) is 31.6 Å². The maximum atomic E-state index is 12.6. The fourth-order valence-electron chi connectivity index (χ4n) is 1.84. The van der Waals surface area contributed by atoms with Gasteiger partial charge in [-0.1, -0.05) is 0 Å². The van der Waals surface area contributed by atoms with E-state index in [0.29, 0.717) is 12.3 Å². The molecule has 1 aliphatic rings. The van der Waals surface area contributed by atoms with Gasteiger partial charge in [0.1, 0.15) is 5.76 Å². The zero-order valence-corrected chi connectivity index (χ0v) is 9.65. The standard InChI is InChI=1S/C12H13F3N2O/c13-12(14,15)9(6-16)7-17(10-3-4-10)8-11-2-1-5-18-11/h1-2,5,9-10H,3-4,7-8H2. The van der Waals surface area contributed by atoms with Crippen LogP contribution in [0.2, 0.25) is 0 Å². The molecule has 3 nitrogen and oxygen atoms in total. The molecule has 0 aliphatic heterocycles. The summed E-state index contributed by atoms with van der Waals surface area (Å²) >= 11 is 0. The molecule has 98 valence electrons. The van der Waals surface area contributed by atoms with Crippen LogP contribution in [0, 0.1) is 17.2 Å². The SMILES string of the molecule is N#CC(CN(Cc1ccco1)C1CC1)C(F)(F)F. The summed E-state index contributed by atoms with van der Waals surface area (Å²) in [7, 11) is 0. The number of nitrogens with zero attached hydrogens (tertiary/aromatic N) is 2. The van der Waals surface area contributed by atoms with Crippen LogP contribution in [-0.4, -0.2) is 23.7 Å². The average molecular weight is 258 g/mol. The lowest BCUT2D eigenvalue weighted by atomic mass is 10.1. The fraction of sp³-hybridized carbons (Fsp3) is 0.583. The minimum absolute atomic E-state index is 0.147. The highest BCUT2D eigenvalue weighted by Gasteiger charge is 2.43. The van der Waals surface area contributed by atoms with Crippen molar-refractivity contribution >= 4 is 0 Å². The first-order valence-electron chi connectivity index (χ1n) is 5.73. The molecule has 1 heterocycles. The smallest absolute Gasteiger partial charge is 0.405 e. The van der Waals surface area contributed by atoms with Gasteiger partial charge in [-0.05, 0) is 25.0 Å². The lowest BCUT2D eigenvalue weighted by Gasteiger charge is -2.24. The van der Waals surface area contributed by atoms with Gasteiger partial charge in [0.05, 0.1) is 18.9 Å². The van der Waals surface area contributed by atoms with Gasteiger partial charge in [0.15, 0.2) is 5.92 Å². The van der Waals surface area contributed by atoms with Crippen LogP contribution in [0.15, 0.2) is 22.8 Å². The summed E-state index contributed by atoms with van der Waals surface area (Å²) in [6.45, 7) is 0.0390. The summed E-state index contributed by atoms with van der Waals surface area (Å²) in [6, 6.07) is 4.91. The van der Waals surface area contributed by atoms with Gasteiger partial charge in [0.2, 0.25) is 0 Å². The quantitative estimate of drug-likeness (QED) is 0.815. The van der Waals surface area contributed by atoms with Crippen molar-refractivity contribution in [3.8, 4) is 6.07 Å². The summed E-state index contributed by atoms with van der Waals surface area (Å²) in [5.74, 6) is -1.31. The van der Waals surface area contributed by atoms with Gasteiger partial charge in [-0.3, -0.25) is 4.90 Å². The van der Waals surface area contributed by atoms with Crippen molar-refractivity contribution in [1.82, 2.24) is 4.90 Å². The Morgan fingerprint density at radius 3 is 2.67 bits per heavy atom. The topological polar surface area (TPSA) is 40.2 Å². The lowest BCUT2D eigenvalue weighted by molar-refractivity contribution is -0.164. The molecule has 0 spiro atoms. The highest BCUT2D eigenvalue weighted by atomic mass is 19.4. The minimum Gasteiger partial charge on any atom is -0.468 e. The number of nitriles is 1. The van der Waals surface area contributed by atoms with Crippen molar-refractivity contribution in [3.05, 3.63) is 24.2 Å². The van der Waals surface area contributed by atoms with Crippen molar-refractivity contribution in [3.63, 3.8) is 0 Å². The minimum atomic E-state index is -4.47. The van der Waals surface area contributed by atoms with Crippen LogP contribution < -0.4 is 0 Å². The molecule has 1 fully saturated rings. The molecule has 0 saturated heterocycles. The molecule has 1 atom stereocenters. The van der Waals surface area contributed by atoms with E-state index in [0.717, 1.165) is 12.8 Å². The Kier molecular flexibility index (Phi) is 3.62. The number of alkyl halides is 3. The second-order valence-corrected chi connectivity index (χ2v) is 4.46. The van der Waals surface area contributed by atoms with Gasteiger partial charge in [-0.15, -0.1) is 0 Å². The predicted octanol–water partition coefficient (Wildman–Crippen LogP) is 2.95. The van der Waals surface area contributed by atoms with E-state index >= 15 is 0 Å². The van der Waals surface area contributed by atoms with E-state index in [1.54, 1.807) is 17.0 Å². The first-order chi connectivity index (χ1) is 8.50. The van der Waals surface area contributed by atoms with Crippen LogP contribution in [0.4, 0.5) is 13.2 Å². The molecule has 18 heavy (non-hydrogen) atoms. The monoisotopic (exact) mass is 258 g/mol. The third kappa shape index (κ3) is 3.26. The molecular weight excluding hydrogens is 245 g/mol.